The number of nitrogens with zero attached hydrogens (tertiary/aromatic N) is 4. The Morgan fingerprint density at radius 1 is 1.18 bits per heavy atom. The molecule has 1 fully saturated rings. The van der Waals surface area contributed by atoms with E-state index < -0.39 is 11.8 Å². The van der Waals surface area contributed by atoms with Gasteiger partial charge in [0.15, 0.2) is 0 Å². The quantitative estimate of drug-likeness (QED) is 0.803. The minimum Gasteiger partial charge on any atom is -0.352 e. The molecule has 3 rings (SSSR count). The number of fused-ring (bicyclic) bond motifs is 1. The molecule has 2 amide bonds. The molecule has 1 aliphatic carbocycles. The lowest BCUT2D eigenvalue weighted by molar-refractivity contribution is -0.146. The number of hydrogen-bond acceptors (Lipinski definition) is 5. The third-order valence-corrected chi connectivity index (χ3v) is 5.87. The molecule has 1 unspecified atom stereocenters. The van der Waals surface area contributed by atoms with Gasteiger partial charge >= 0.3 is 11.8 Å². The van der Waals surface area contributed by atoms with Crippen LogP contribution in [0.4, 0.5) is 5.82 Å². The molecule has 2 heterocycles. The van der Waals surface area contributed by atoms with Gasteiger partial charge in [-0.05, 0) is 57.1 Å². The number of nitriles is 1. The molecule has 1 saturated heterocycles. The van der Waals surface area contributed by atoms with E-state index in [2.05, 4.69) is 16.3 Å². The van der Waals surface area contributed by atoms with Gasteiger partial charge < -0.3 is 15.1 Å². The molecule has 0 saturated carbocycles. The van der Waals surface area contributed by atoms with Crippen molar-refractivity contribution in [2.45, 2.75) is 58.9 Å². The summed E-state index contributed by atoms with van der Waals surface area (Å²) in [5.74, 6) is -0.282. The Morgan fingerprint density at radius 2 is 1.82 bits per heavy atom. The third-order valence-electron chi connectivity index (χ3n) is 5.87. The number of amides is 2. The molecular formula is C21H29N5O2. The SMILES string of the molecule is CCC(C)NC(=O)C(=O)N1CCN(c2nc(C)c3c(c2C#N)CCCC3)CC1. The molecule has 28 heavy (non-hydrogen) atoms. The van der Waals surface area contributed by atoms with Crippen LogP contribution in [0.25, 0.3) is 0 Å². The number of piperazine rings is 1. The van der Waals surface area contributed by atoms with Gasteiger partial charge in [-0.25, -0.2) is 4.98 Å². The summed E-state index contributed by atoms with van der Waals surface area (Å²) in [6.45, 7) is 7.92. The van der Waals surface area contributed by atoms with Crippen LogP contribution in [0, 0.1) is 18.3 Å². The van der Waals surface area contributed by atoms with Gasteiger partial charge in [0.25, 0.3) is 0 Å². The van der Waals surface area contributed by atoms with Crippen molar-refractivity contribution in [3.63, 3.8) is 0 Å². The number of pyridine rings is 1. The Kier molecular flexibility index (Phi) is 6.18. The minimum atomic E-state index is -0.539. The normalized spacial score (nSPS) is 17.5. The molecule has 1 aromatic rings. The second-order valence-corrected chi connectivity index (χ2v) is 7.73. The molecule has 1 atom stereocenters. The highest BCUT2D eigenvalue weighted by molar-refractivity contribution is 6.35. The standard InChI is InChI=1S/C21H29N5O2/c1-4-14(2)23-20(27)21(28)26-11-9-25(10-12-26)19-18(13-22)17-8-6-5-7-16(17)15(3)24-19/h14H,4-12H2,1-3H3,(H,23,27). The first-order chi connectivity index (χ1) is 13.5. The van der Waals surface area contributed by atoms with Crippen LogP contribution in [0.15, 0.2) is 0 Å². The second-order valence-electron chi connectivity index (χ2n) is 7.73. The number of rotatable bonds is 3. The summed E-state index contributed by atoms with van der Waals surface area (Å²) in [6, 6.07) is 2.36. The number of hydrogen-bond donors (Lipinski definition) is 1. The van der Waals surface area contributed by atoms with Crippen LogP contribution < -0.4 is 10.2 Å². The van der Waals surface area contributed by atoms with E-state index in [0.29, 0.717) is 31.7 Å². The molecule has 2 aliphatic rings. The van der Waals surface area contributed by atoms with Crippen molar-refractivity contribution in [3.05, 3.63) is 22.4 Å². The molecule has 1 aromatic heterocycles. The second kappa shape index (κ2) is 8.59. The first kappa shape index (κ1) is 20.1. The fraction of sp³-hybridized carbons (Fsp3) is 0.619. The van der Waals surface area contributed by atoms with E-state index >= 15 is 0 Å². The van der Waals surface area contributed by atoms with E-state index in [-0.39, 0.29) is 6.04 Å². The summed E-state index contributed by atoms with van der Waals surface area (Å²) in [5, 5.41) is 12.5. The highest BCUT2D eigenvalue weighted by atomic mass is 16.2. The van der Waals surface area contributed by atoms with Crippen molar-refractivity contribution in [1.82, 2.24) is 15.2 Å². The summed E-state index contributed by atoms with van der Waals surface area (Å²) in [5.41, 5.74) is 4.09. The maximum Gasteiger partial charge on any atom is 0.312 e. The highest BCUT2D eigenvalue weighted by Gasteiger charge is 2.29. The van der Waals surface area contributed by atoms with Crippen molar-refractivity contribution >= 4 is 17.6 Å². The number of carbonyl (C=O) groups excluding carboxylic acids is 2. The number of aryl methyl sites for hydroxylation is 1. The summed E-state index contributed by atoms with van der Waals surface area (Å²) in [7, 11) is 0. The average molecular weight is 383 g/mol. The molecular weight excluding hydrogens is 354 g/mol. The Labute approximate surface area is 166 Å². The Bertz CT molecular complexity index is 806. The van der Waals surface area contributed by atoms with E-state index in [4.69, 9.17) is 4.98 Å². The van der Waals surface area contributed by atoms with Crippen molar-refractivity contribution in [2.75, 3.05) is 31.1 Å². The molecule has 150 valence electrons. The first-order valence-electron chi connectivity index (χ1n) is 10.2. The lowest BCUT2D eigenvalue weighted by Crippen LogP contribution is -2.53. The predicted molar refractivity (Wildman–Crippen MR) is 107 cm³/mol. The predicted octanol–water partition coefficient (Wildman–Crippen LogP) is 1.70. The summed E-state index contributed by atoms with van der Waals surface area (Å²) in [6.07, 6.45) is 4.98. The van der Waals surface area contributed by atoms with Crippen molar-refractivity contribution in [3.8, 4) is 6.07 Å². The first-order valence-corrected chi connectivity index (χ1v) is 10.2. The lowest BCUT2D eigenvalue weighted by Gasteiger charge is -2.36. The summed E-state index contributed by atoms with van der Waals surface area (Å²) < 4.78 is 0. The maximum absolute atomic E-state index is 12.4. The van der Waals surface area contributed by atoms with E-state index in [1.807, 2.05) is 20.8 Å². The van der Waals surface area contributed by atoms with E-state index in [0.717, 1.165) is 49.2 Å². The molecule has 7 nitrogen and oxygen atoms in total. The molecule has 0 aromatic carbocycles. The zero-order valence-corrected chi connectivity index (χ0v) is 17.0. The lowest BCUT2D eigenvalue weighted by atomic mass is 9.88. The van der Waals surface area contributed by atoms with Gasteiger partial charge in [0.2, 0.25) is 0 Å². The summed E-state index contributed by atoms with van der Waals surface area (Å²) in [4.78, 5) is 32.9. The maximum atomic E-state index is 12.4. The molecule has 0 bridgehead atoms. The van der Waals surface area contributed by atoms with Gasteiger partial charge in [-0.3, -0.25) is 9.59 Å². The highest BCUT2D eigenvalue weighted by Crippen LogP contribution is 2.32. The van der Waals surface area contributed by atoms with Gasteiger partial charge in [0.1, 0.15) is 11.9 Å². The average Bonchev–Trinajstić information content (AvgIpc) is 2.73. The number of anilines is 1. The minimum absolute atomic E-state index is 0.0152. The van der Waals surface area contributed by atoms with Crippen molar-refractivity contribution in [1.29, 1.82) is 5.26 Å². The van der Waals surface area contributed by atoms with Crippen molar-refractivity contribution < 1.29 is 9.59 Å². The van der Waals surface area contributed by atoms with Crippen LogP contribution >= 0.6 is 0 Å². The van der Waals surface area contributed by atoms with Gasteiger partial charge in [-0.2, -0.15) is 5.26 Å². The Balaban J connectivity index is 1.72. The number of carbonyl (C=O) groups is 2. The number of nitrogens with one attached hydrogen (secondary N) is 1. The summed E-state index contributed by atoms with van der Waals surface area (Å²) >= 11 is 0. The monoisotopic (exact) mass is 383 g/mol. The molecule has 1 aliphatic heterocycles. The third kappa shape index (κ3) is 3.96. The van der Waals surface area contributed by atoms with Gasteiger partial charge in [-0.15, -0.1) is 0 Å². The Morgan fingerprint density at radius 3 is 2.43 bits per heavy atom. The van der Waals surface area contributed by atoms with E-state index in [9.17, 15) is 14.9 Å². The van der Waals surface area contributed by atoms with Crippen LogP contribution in [0.1, 0.15) is 55.5 Å². The van der Waals surface area contributed by atoms with E-state index in [1.54, 1.807) is 4.90 Å². The fourth-order valence-corrected chi connectivity index (χ4v) is 4.00. The van der Waals surface area contributed by atoms with Crippen LogP contribution in [0.3, 0.4) is 0 Å². The Hall–Kier alpha value is -2.62. The smallest absolute Gasteiger partial charge is 0.312 e. The van der Waals surface area contributed by atoms with Gasteiger partial charge in [-0.1, -0.05) is 6.92 Å². The van der Waals surface area contributed by atoms with Crippen LogP contribution in [-0.2, 0) is 22.4 Å². The van der Waals surface area contributed by atoms with Gasteiger partial charge in [0, 0.05) is 37.9 Å². The topological polar surface area (TPSA) is 89.3 Å². The molecule has 1 N–H and O–H groups in total. The largest absolute Gasteiger partial charge is 0.352 e. The molecule has 7 heteroatoms. The molecule has 0 radical (unpaired) electrons. The van der Waals surface area contributed by atoms with Crippen molar-refractivity contribution in [2.24, 2.45) is 0 Å². The van der Waals surface area contributed by atoms with Crippen LogP contribution in [0.2, 0.25) is 0 Å². The fourth-order valence-electron chi connectivity index (χ4n) is 4.00. The van der Waals surface area contributed by atoms with E-state index in [1.165, 1.54) is 5.56 Å². The zero-order chi connectivity index (χ0) is 20.3. The molecule has 0 spiro atoms. The van der Waals surface area contributed by atoms with Crippen LogP contribution in [-0.4, -0.2) is 53.9 Å². The van der Waals surface area contributed by atoms with Gasteiger partial charge in [0.05, 0.1) is 5.56 Å². The number of aromatic nitrogens is 1. The zero-order valence-electron chi connectivity index (χ0n) is 17.0. The van der Waals surface area contributed by atoms with Crippen LogP contribution in [0.5, 0.6) is 0 Å².